The highest BCUT2D eigenvalue weighted by Gasteiger charge is 2.34. The van der Waals surface area contributed by atoms with Crippen molar-refractivity contribution in [2.24, 2.45) is 0 Å². The third-order valence-corrected chi connectivity index (χ3v) is 4.04. The summed E-state index contributed by atoms with van der Waals surface area (Å²) in [6.07, 6.45) is -0.591. The SMILES string of the molecule is COC(=O)[C@H](OCc1ccccc1)[C@@H]1CN(C(C)C)CCN1. The van der Waals surface area contributed by atoms with Crippen molar-refractivity contribution < 1.29 is 14.3 Å². The molecule has 22 heavy (non-hydrogen) atoms. The Balaban J connectivity index is 2.01. The lowest BCUT2D eigenvalue weighted by Crippen LogP contribution is -2.59. The Kier molecular flexibility index (Phi) is 6.36. The highest BCUT2D eigenvalue weighted by atomic mass is 16.6. The van der Waals surface area contributed by atoms with E-state index in [2.05, 4.69) is 24.1 Å². The van der Waals surface area contributed by atoms with Gasteiger partial charge in [0.05, 0.1) is 19.8 Å². The second-order valence-corrected chi connectivity index (χ2v) is 5.89. The van der Waals surface area contributed by atoms with E-state index in [1.54, 1.807) is 0 Å². The van der Waals surface area contributed by atoms with Crippen LogP contribution in [0.1, 0.15) is 19.4 Å². The van der Waals surface area contributed by atoms with Crippen molar-refractivity contribution in [3.8, 4) is 0 Å². The van der Waals surface area contributed by atoms with Crippen LogP contribution in [0.4, 0.5) is 0 Å². The van der Waals surface area contributed by atoms with Gasteiger partial charge in [-0.1, -0.05) is 30.3 Å². The van der Waals surface area contributed by atoms with Crippen LogP contribution in [0.25, 0.3) is 0 Å². The summed E-state index contributed by atoms with van der Waals surface area (Å²) in [7, 11) is 1.41. The van der Waals surface area contributed by atoms with Gasteiger partial charge in [-0.3, -0.25) is 4.90 Å². The van der Waals surface area contributed by atoms with Crippen molar-refractivity contribution in [1.29, 1.82) is 0 Å². The van der Waals surface area contributed by atoms with Crippen LogP contribution in [0.15, 0.2) is 30.3 Å². The second kappa shape index (κ2) is 8.27. The Labute approximate surface area is 132 Å². The Morgan fingerprint density at radius 3 is 2.73 bits per heavy atom. The number of hydrogen-bond acceptors (Lipinski definition) is 5. The fourth-order valence-electron chi connectivity index (χ4n) is 2.70. The number of methoxy groups -OCH3 is 1. The Morgan fingerprint density at radius 2 is 2.09 bits per heavy atom. The summed E-state index contributed by atoms with van der Waals surface area (Å²) in [6.45, 7) is 7.36. The van der Waals surface area contributed by atoms with Crippen LogP contribution in [0.2, 0.25) is 0 Å². The van der Waals surface area contributed by atoms with Crippen molar-refractivity contribution in [3.05, 3.63) is 35.9 Å². The third-order valence-electron chi connectivity index (χ3n) is 4.04. The molecule has 1 saturated heterocycles. The Morgan fingerprint density at radius 1 is 1.36 bits per heavy atom. The molecular weight excluding hydrogens is 280 g/mol. The lowest BCUT2D eigenvalue weighted by Gasteiger charge is -2.38. The number of piperazine rings is 1. The molecule has 0 spiro atoms. The lowest BCUT2D eigenvalue weighted by molar-refractivity contribution is -0.158. The largest absolute Gasteiger partial charge is 0.467 e. The molecule has 1 fully saturated rings. The van der Waals surface area contributed by atoms with E-state index >= 15 is 0 Å². The van der Waals surface area contributed by atoms with Gasteiger partial charge in [0.2, 0.25) is 0 Å². The predicted molar refractivity (Wildman–Crippen MR) is 85.5 cm³/mol. The number of carbonyl (C=O) groups excluding carboxylic acids is 1. The van der Waals surface area contributed by atoms with E-state index in [1.165, 1.54) is 7.11 Å². The number of esters is 1. The van der Waals surface area contributed by atoms with Crippen LogP contribution in [0.5, 0.6) is 0 Å². The standard InChI is InChI=1S/C17H26N2O3/c1-13(2)19-10-9-18-15(11-19)16(17(20)21-3)22-12-14-7-5-4-6-8-14/h4-8,13,15-16,18H,9-12H2,1-3H3/t15-,16+/m0/s1. The van der Waals surface area contributed by atoms with Crippen LogP contribution in [-0.4, -0.2) is 55.8 Å². The van der Waals surface area contributed by atoms with Gasteiger partial charge in [0, 0.05) is 25.7 Å². The minimum absolute atomic E-state index is 0.0488. The summed E-state index contributed by atoms with van der Waals surface area (Å²) in [5, 5.41) is 3.39. The summed E-state index contributed by atoms with van der Waals surface area (Å²) in [4.78, 5) is 14.5. The molecule has 1 N–H and O–H groups in total. The van der Waals surface area contributed by atoms with Crippen LogP contribution in [0.3, 0.4) is 0 Å². The quantitative estimate of drug-likeness (QED) is 0.806. The number of ether oxygens (including phenoxy) is 2. The molecule has 1 aromatic rings. The minimum atomic E-state index is -0.591. The van der Waals surface area contributed by atoms with E-state index in [4.69, 9.17) is 9.47 Å². The van der Waals surface area contributed by atoms with E-state index in [1.807, 2.05) is 30.3 Å². The van der Waals surface area contributed by atoms with E-state index in [0.29, 0.717) is 12.6 Å². The molecule has 0 aromatic heterocycles. The zero-order valence-corrected chi connectivity index (χ0v) is 13.6. The van der Waals surface area contributed by atoms with E-state index in [-0.39, 0.29) is 12.0 Å². The highest BCUT2D eigenvalue weighted by Crippen LogP contribution is 2.13. The Bertz CT molecular complexity index is 464. The van der Waals surface area contributed by atoms with Gasteiger partial charge in [-0.25, -0.2) is 4.79 Å². The van der Waals surface area contributed by atoms with Crippen LogP contribution >= 0.6 is 0 Å². The molecule has 2 atom stereocenters. The molecule has 0 aliphatic carbocycles. The van der Waals surface area contributed by atoms with E-state index < -0.39 is 6.10 Å². The molecule has 5 nitrogen and oxygen atoms in total. The van der Waals surface area contributed by atoms with Gasteiger partial charge in [-0.2, -0.15) is 0 Å². The van der Waals surface area contributed by atoms with Gasteiger partial charge in [-0.15, -0.1) is 0 Å². The molecule has 0 unspecified atom stereocenters. The van der Waals surface area contributed by atoms with Gasteiger partial charge in [-0.05, 0) is 19.4 Å². The second-order valence-electron chi connectivity index (χ2n) is 5.89. The molecule has 122 valence electrons. The molecule has 0 saturated carbocycles. The first kappa shape index (κ1) is 16.9. The maximum Gasteiger partial charge on any atom is 0.336 e. The third kappa shape index (κ3) is 4.53. The van der Waals surface area contributed by atoms with Gasteiger partial charge in [0.25, 0.3) is 0 Å². The molecule has 1 aromatic carbocycles. The number of hydrogen-bond donors (Lipinski definition) is 1. The van der Waals surface area contributed by atoms with Gasteiger partial charge in [0.15, 0.2) is 6.10 Å². The zero-order valence-electron chi connectivity index (χ0n) is 13.6. The maximum atomic E-state index is 12.1. The maximum absolute atomic E-state index is 12.1. The molecule has 1 aliphatic heterocycles. The summed E-state index contributed by atoms with van der Waals surface area (Å²) >= 11 is 0. The molecule has 1 heterocycles. The highest BCUT2D eigenvalue weighted by molar-refractivity contribution is 5.75. The number of rotatable bonds is 6. The van der Waals surface area contributed by atoms with Crippen molar-refractivity contribution in [2.75, 3.05) is 26.7 Å². The Hall–Kier alpha value is -1.43. The van der Waals surface area contributed by atoms with E-state index in [0.717, 1.165) is 25.2 Å². The fraction of sp³-hybridized carbons (Fsp3) is 0.588. The minimum Gasteiger partial charge on any atom is -0.467 e. The first-order chi connectivity index (χ1) is 10.6. The molecule has 1 aliphatic rings. The number of benzene rings is 1. The topological polar surface area (TPSA) is 50.8 Å². The number of nitrogens with zero attached hydrogens (tertiary/aromatic N) is 1. The summed E-state index contributed by atoms with van der Waals surface area (Å²) in [5.41, 5.74) is 1.05. The first-order valence-corrected chi connectivity index (χ1v) is 7.82. The molecule has 0 radical (unpaired) electrons. The fourth-order valence-corrected chi connectivity index (χ4v) is 2.70. The molecule has 0 amide bonds. The summed E-state index contributed by atoms with van der Waals surface area (Å²) in [6, 6.07) is 10.3. The van der Waals surface area contributed by atoms with Crippen LogP contribution in [-0.2, 0) is 20.9 Å². The van der Waals surface area contributed by atoms with Crippen molar-refractivity contribution in [3.63, 3.8) is 0 Å². The van der Waals surface area contributed by atoms with Crippen molar-refractivity contribution in [2.45, 2.75) is 38.6 Å². The number of nitrogens with one attached hydrogen (secondary N) is 1. The molecule has 2 rings (SSSR count). The van der Waals surface area contributed by atoms with Crippen LogP contribution in [0, 0.1) is 0 Å². The average Bonchev–Trinajstić information content (AvgIpc) is 2.56. The molecule has 0 bridgehead atoms. The van der Waals surface area contributed by atoms with Gasteiger partial charge in [0.1, 0.15) is 0 Å². The summed E-state index contributed by atoms with van der Waals surface area (Å²) in [5.74, 6) is -0.320. The molecule has 5 heteroatoms. The van der Waals surface area contributed by atoms with E-state index in [9.17, 15) is 4.79 Å². The van der Waals surface area contributed by atoms with Crippen LogP contribution < -0.4 is 5.32 Å². The number of carbonyl (C=O) groups is 1. The smallest absolute Gasteiger partial charge is 0.336 e. The van der Waals surface area contributed by atoms with Gasteiger partial charge < -0.3 is 14.8 Å². The van der Waals surface area contributed by atoms with Gasteiger partial charge >= 0.3 is 5.97 Å². The predicted octanol–water partition coefficient (Wildman–Crippen LogP) is 1.43. The lowest BCUT2D eigenvalue weighted by atomic mass is 10.1. The first-order valence-electron chi connectivity index (χ1n) is 7.82. The normalized spacial score (nSPS) is 20.8. The summed E-state index contributed by atoms with van der Waals surface area (Å²) < 4.78 is 10.8. The van der Waals surface area contributed by atoms with Crippen molar-refractivity contribution >= 4 is 5.97 Å². The zero-order chi connectivity index (χ0) is 15.9. The molecular formula is C17H26N2O3. The van der Waals surface area contributed by atoms with Crippen molar-refractivity contribution in [1.82, 2.24) is 10.2 Å². The average molecular weight is 306 g/mol. The monoisotopic (exact) mass is 306 g/mol.